The lowest BCUT2D eigenvalue weighted by molar-refractivity contribution is -0.131. The Morgan fingerprint density at radius 2 is 2.05 bits per heavy atom. The Labute approximate surface area is 120 Å². The van der Waals surface area contributed by atoms with Crippen LogP contribution in [0.1, 0.15) is 39.5 Å². The number of nitrogens with zero attached hydrogens (tertiary/aromatic N) is 1. The van der Waals surface area contributed by atoms with Gasteiger partial charge in [-0.3, -0.25) is 4.79 Å². The van der Waals surface area contributed by atoms with Crippen LogP contribution in [-0.4, -0.2) is 55.9 Å². The minimum absolute atomic E-state index is 0.0714. The summed E-state index contributed by atoms with van der Waals surface area (Å²) >= 11 is 0. The number of nitrogens with one attached hydrogen (secondary N) is 1. The third kappa shape index (κ3) is 5.36. The Morgan fingerprint density at radius 1 is 1.30 bits per heavy atom. The molecule has 1 aliphatic heterocycles. The van der Waals surface area contributed by atoms with Crippen molar-refractivity contribution in [3.63, 3.8) is 0 Å². The van der Waals surface area contributed by atoms with E-state index in [1.807, 2.05) is 4.90 Å². The predicted molar refractivity (Wildman–Crippen MR) is 75.5 cm³/mol. The molecule has 1 saturated heterocycles. The highest BCUT2D eigenvalue weighted by Gasteiger charge is 2.28. The van der Waals surface area contributed by atoms with Crippen molar-refractivity contribution in [3.05, 3.63) is 0 Å². The normalized spacial score (nSPS) is 23.1. The molecular weight excluding hydrogens is 260 g/mol. The first-order valence-corrected chi connectivity index (χ1v) is 7.24. The van der Waals surface area contributed by atoms with Gasteiger partial charge in [-0.2, -0.15) is 0 Å². The number of carbonyl (C=O) groups is 2. The van der Waals surface area contributed by atoms with Crippen molar-refractivity contribution < 1.29 is 19.1 Å². The highest BCUT2D eigenvalue weighted by Crippen LogP contribution is 2.25. The van der Waals surface area contributed by atoms with E-state index in [2.05, 4.69) is 12.2 Å². The first kappa shape index (κ1) is 16.8. The van der Waals surface area contributed by atoms with Crippen molar-refractivity contribution in [2.75, 3.05) is 33.4 Å². The quantitative estimate of drug-likeness (QED) is 0.832. The number of ether oxygens (including phenoxy) is 2. The van der Waals surface area contributed by atoms with E-state index < -0.39 is 6.09 Å². The molecule has 0 radical (unpaired) electrons. The SMILES string of the molecule is CCOC(=O)NCCC(=O)N1CCC[C@](C)(OC)CC1. The predicted octanol–water partition coefficient (Wildman–Crippen LogP) is 1.54. The third-order valence-electron chi connectivity index (χ3n) is 3.77. The highest BCUT2D eigenvalue weighted by molar-refractivity contribution is 5.77. The summed E-state index contributed by atoms with van der Waals surface area (Å²) in [7, 11) is 1.72. The number of amides is 2. The molecule has 0 bridgehead atoms. The van der Waals surface area contributed by atoms with Gasteiger partial charge in [0.1, 0.15) is 0 Å². The molecule has 0 spiro atoms. The summed E-state index contributed by atoms with van der Waals surface area (Å²) in [6.45, 7) is 5.95. The van der Waals surface area contributed by atoms with Crippen LogP contribution < -0.4 is 5.32 Å². The van der Waals surface area contributed by atoms with Gasteiger partial charge in [0.05, 0.1) is 12.2 Å². The molecule has 1 fully saturated rings. The van der Waals surface area contributed by atoms with E-state index in [4.69, 9.17) is 9.47 Å². The lowest BCUT2D eigenvalue weighted by Crippen LogP contribution is -2.36. The number of hydrogen-bond donors (Lipinski definition) is 1. The molecule has 0 unspecified atom stereocenters. The van der Waals surface area contributed by atoms with Crippen LogP contribution >= 0.6 is 0 Å². The van der Waals surface area contributed by atoms with E-state index in [1.165, 1.54) is 0 Å². The summed E-state index contributed by atoms with van der Waals surface area (Å²) in [5.74, 6) is 0.0714. The fourth-order valence-corrected chi connectivity index (χ4v) is 2.32. The number of alkyl carbamates (subject to hydrolysis) is 1. The second-order valence-corrected chi connectivity index (χ2v) is 5.29. The van der Waals surface area contributed by atoms with Crippen LogP contribution in [0.2, 0.25) is 0 Å². The molecule has 0 aromatic heterocycles. The van der Waals surface area contributed by atoms with Crippen LogP contribution in [0, 0.1) is 0 Å². The third-order valence-corrected chi connectivity index (χ3v) is 3.77. The van der Waals surface area contributed by atoms with Crippen molar-refractivity contribution >= 4 is 12.0 Å². The van der Waals surface area contributed by atoms with Gasteiger partial charge in [-0.15, -0.1) is 0 Å². The van der Waals surface area contributed by atoms with E-state index in [-0.39, 0.29) is 11.5 Å². The summed E-state index contributed by atoms with van der Waals surface area (Å²) < 4.78 is 10.3. The zero-order valence-electron chi connectivity index (χ0n) is 12.7. The highest BCUT2D eigenvalue weighted by atomic mass is 16.5. The van der Waals surface area contributed by atoms with Crippen molar-refractivity contribution in [2.24, 2.45) is 0 Å². The van der Waals surface area contributed by atoms with Crippen molar-refractivity contribution in [3.8, 4) is 0 Å². The minimum Gasteiger partial charge on any atom is -0.450 e. The molecular formula is C14H26N2O4. The molecule has 1 atom stereocenters. The largest absolute Gasteiger partial charge is 0.450 e. The smallest absolute Gasteiger partial charge is 0.407 e. The molecule has 0 aromatic rings. The topological polar surface area (TPSA) is 67.9 Å². The molecule has 6 heteroatoms. The lowest BCUT2D eigenvalue weighted by atomic mass is 9.97. The van der Waals surface area contributed by atoms with Gasteiger partial charge in [0, 0.05) is 33.2 Å². The van der Waals surface area contributed by atoms with Crippen molar-refractivity contribution in [2.45, 2.75) is 45.1 Å². The van der Waals surface area contributed by atoms with Gasteiger partial charge in [-0.1, -0.05) is 0 Å². The number of likely N-dealkylation sites (tertiary alicyclic amines) is 1. The van der Waals surface area contributed by atoms with Crippen molar-refractivity contribution in [1.29, 1.82) is 0 Å². The molecule has 1 heterocycles. The van der Waals surface area contributed by atoms with Gasteiger partial charge < -0.3 is 19.7 Å². The average molecular weight is 286 g/mol. The Balaban J connectivity index is 2.31. The molecule has 1 N–H and O–H groups in total. The van der Waals surface area contributed by atoms with Gasteiger partial charge in [0.25, 0.3) is 0 Å². The van der Waals surface area contributed by atoms with Crippen molar-refractivity contribution in [1.82, 2.24) is 10.2 Å². The summed E-state index contributed by atoms with van der Waals surface area (Å²) in [5, 5.41) is 2.56. The minimum atomic E-state index is -0.469. The zero-order valence-corrected chi connectivity index (χ0v) is 12.7. The maximum atomic E-state index is 12.1. The molecule has 2 amide bonds. The van der Waals surface area contributed by atoms with E-state index >= 15 is 0 Å². The van der Waals surface area contributed by atoms with Crippen LogP contribution in [-0.2, 0) is 14.3 Å². The average Bonchev–Trinajstić information content (AvgIpc) is 2.62. The van der Waals surface area contributed by atoms with E-state index in [1.54, 1.807) is 14.0 Å². The van der Waals surface area contributed by atoms with Crippen LogP contribution in [0.25, 0.3) is 0 Å². The van der Waals surface area contributed by atoms with Crippen LogP contribution in [0.5, 0.6) is 0 Å². The Morgan fingerprint density at radius 3 is 2.70 bits per heavy atom. The summed E-state index contributed by atoms with van der Waals surface area (Å²) in [5.41, 5.74) is -0.127. The summed E-state index contributed by atoms with van der Waals surface area (Å²) in [6, 6.07) is 0. The monoisotopic (exact) mass is 286 g/mol. The maximum absolute atomic E-state index is 12.1. The Kier molecular flexibility index (Phi) is 6.78. The molecule has 1 aliphatic rings. The van der Waals surface area contributed by atoms with Crippen LogP contribution in [0.4, 0.5) is 4.79 Å². The molecule has 116 valence electrons. The van der Waals surface area contributed by atoms with Gasteiger partial charge in [-0.25, -0.2) is 4.79 Å². The van der Waals surface area contributed by atoms with Crippen LogP contribution in [0.3, 0.4) is 0 Å². The number of methoxy groups -OCH3 is 1. The molecule has 6 nitrogen and oxygen atoms in total. The van der Waals surface area contributed by atoms with E-state index in [0.717, 1.165) is 25.8 Å². The fraction of sp³-hybridized carbons (Fsp3) is 0.857. The van der Waals surface area contributed by atoms with E-state index in [9.17, 15) is 9.59 Å². The second kappa shape index (κ2) is 8.09. The molecule has 1 rings (SSSR count). The maximum Gasteiger partial charge on any atom is 0.407 e. The van der Waals surface area contributed by atoms with Gasteiger partial charge in [-0.05, 0) is 33.1 Å². The summed E-state index contributed by atoms with van der Waals surface area (Å²) in [6.07, 6.45) is 2.60. The molecule has 0 saturated carbocycles. The number of hydrogen-bond acceptors (Lipinski definition) is 4. The van der Waals surface area contributed by atoms with Gasteiger partial charge in [0.15, 0.2) is 0 Å². The van der Waals surface area contributed by atoms with Gasteiger partial charge in [0.2, 0.25) is 5.91 Å². The molecule has 20 heavy (non-hydrogen) atoms. The number of rotatable bonds is 5. The molecule has 0 aliphatic carbocycles. The standard InChI is InChI=1S/C14H26N2O4/c1-4-20-13(18)15-9-6-12(17)16-10-5-7-14(2,19-3)8-11-16/h4-11H2,1-3H3,(H,15,18)/t14-/m0/s1. The summed E-state index contributed by atoms with van der Waals surface area (Å²) in [4.78, 5) is 25.0. The van der Waals surface area contributed by atoms with Gasteiger partial charge >= 0.3 is 6.09 Å². The Hall–Kier alpha value is -1.30. The first-order chi connectivity index (χ1) is 9.50. The first-order valence-electron chi connectivity index (χ1n) is 7.24. The van der Waals surface area contributed by atoms with Crippen LogP contribution in [0.15, 0.2) is 0 Å². The lowest BCUT2D eigenvalue weighted by Gasteiger charge is -2.26. The number of carbonyl (C=O) groups excluding carboxylic acids is 2. The molecule has 0 aromatic carbocycles. The zero-order chi connectivity index (χ0) is 15.0. The van der Waals surface area contributed by atoms with E-state index in [0.29, 0.717) is 26.1 Å². The fourth-order valence-electron chi connectivity index (χ4n) is 2.32. The second-order valence-electron chi connectivity index (χ2n) is 5.29. The Bertz CT molecular complexity index is 335.